The predicted octanol–water partition coefficient (Wildman–Crippen LogP) is 3.27. The molecule has 0 aliphatic carbocycles. The SMILES string of the molecule is FC1CN(c2cc(C3CCOCC3)cc(Nc3ccccn3)n2)C1. The molecule has 0 amide bonds. The Bertz CT molecular complexity index is 685. The van der Waals surface area contributed by atoms with Crippen molar-refractivity contribution in [1.82, 2.24) is 9.97 Å². The third-order valence-corrected chi connectivity index (χ3v) is 4.61. The molecule has 2 aliphatic rings. The van der Waals surface area contributed by atoms with Crippen LogP contribution in [-0.2, 0) is 4.74 Å². The smallest absolute Gasteiger partial charge is 0.135 e. The maximum Gasteiger partial charge on any atom is 0.135 e. The molecule has 0 saturated carbocycles. The first-order valence-electron chi connectivity index (χ1n) is 8.45. The molecule has 2 aliphatic heterocycles. The van der Waals surface area contributed by atoms with Crippen LogP contribution in [0.2, 0.25) is 0 Å². The summed E-state index contributed by atoms with van der Waals surface area (Å²) in [5.74, 6) is 2.82. The predicted molar refractivity (Wildman–Crippen MR) is 91.7 cm³/mol. The standard InChI is InChI=1S/C18H21FN4O/c19-15-11-23(12-15)18-10-14(13-4-7-24-8-5-13)9-17(22-18)21-16-3-1-2-6-20-16/h1-3,6,9-10,13,15H,4-5,7-8,11-12H2,(H,20,21,22). The fourth-order valence-electron chi connectivity index (χ4n) is 3.21. The molecule has 2 aromatic rings. The van der Waals surface area contributed by atoms with Gasteiger partial charge < -0.3 is 15.0 Å². The average molecular weight is 328 g/mol. The summed E-state index contributed by atoms with van der Waals surface area (Å²) in [7, 11) is 0. The van der Waals surface area contributed by atoms with Crippen LogP contribution in [0.4, 0.5) is 21.8 Å². The van der Waals surface area contributed by atoms with Crippen LogP contribution in [0.5, 0.6) is 0 Å². The number of aromatic nitrogens is 2. The maximum atomic E-state index is 13.2. The van der Waals surface area contributed by atoms with Crippen molar-refractivity contribution in [1.29, 1.82) is 0 Å². The molecule has 0 spiro atoms. The Morgan fingerprint density at radius 1 is 1.12 bits per heavy atom. The molecule has 0 atom stereocenters. The summed E-state index contributed by atoms with van der Waals surface area (Å²) in [6, 6.07) is 9.90. The van der Waals surface area contributed by atoms with Crippen molar-refractivity contribution in [2.24, 2.45) is 0 Å². The molecular weight excluding hydrogens is 307 g/mol. The third kappa shape index (κ3) is 3.33. The molecule has 24 heavy (non-hydrogen) atoms. The van der Waals surface area contributed by atoms with Crippen LogP contribution >= 0.6 is 0 Å². The highest BCUT2D eigenvalue weighted by Crippen LogP contribution is 2.32. The Kier molecular flexibility index (Phi) is 4.30. The normalized spacial score (nSPS) is 19.1. The molecule has 4 rings (SSSR count). The van der Waals surface area contributed by atoms with Crippen LogP contribution in [-0.4, -0.2) is 42.4 Å². The van der Waals surface area contributed by atoms with E-state index in [0.717, 1.165) is 43.5 Å². The molecule has 0 radical (unpaired) electrons. The number of halogens is 1. The van der Waals surface area contributed by atoms with Crippen LogP contribution < -0.4 is 10.2 Å². The van der Waals surface area contributed by atoms with Crippen LogP contribution in [0.3, 0.4) is 0 Å². The van der Waals surface area contributed by atoms with Gasteiger partial charge in [0.1, 0.15) is 23.6 Å². The molecule has 0 unspecified atom stereocenters. The number of nitrogens with zero attached hydrogens (tertiary/aromatic N) is 3. The van der Waals surface area contributed by atoms with E-state index in [4.69, 9.17) is 4.74 Å². The molecule has 6 heteroatoms. The van der Waals surface area contributed by atoms with E-state index in [-0.39, 0.29) is 0 Å². The van der Waals surface area contributed by atoms with Gasteiger partial charge in [0.15, 0.2) is 0 Å². The summed E-state index contributed by atoms with van der Waals surface area (Å²) >= 11 is 0. The topological polar surface area (TPSA) is 50.3 Å². The molecule has 2 fully saturated rings. The van der Waals surface area contributed by atoms with Gasteiger partial charge in [-0.25, -0.2) is 14.4 Å². The number of hydrogen-bond donors (Lipinski definition) is 1. The minimum Gasteiger partial charge on any atom is -0.381 e. The Morgan fingerprint density at radius 2 is 1.96 bits per heavy atom. The van der Waals surface area contributed by atoms with Gasteiger partial charge in [0.05, 0.1) is 13.1 Å². The van der Waals surface area contributed by atoms with E-state index < -0.39 is 6.17 Å². The van der Waals surface area contributed by atoms with Gasteiger partial charge in [0.25, 0.3) is 0 Å². The minimum atomic E-state index is -0.745. The summed E-state index contributed by atoms with van der Waals surface area (Å²) < 4.78 is 18.7. The Balaban J connectivity index is 1.62. The number of alkyl halides is 1. The van der Waals surface area contributed by atoms with Gasteiger partial charge in [-0.3, -0.25) is 0 Å². The summed E-state index contributed by atoms with van der Waals surface area (Å²) in [4.78, 5) is 10.9. The second-order valence-electron chi connectivity index (χ2n) is 6.37. The number of nitrogens with one attached hydrogen (secondary N) is 1. The highest BCUT2D eigenvalue weighted by molar-refractivity contribution is 5.58. The van der Waals surface area contributed by atoms with Gasteiger partial charge in [-0.1, -0.05) is 6.07 Å². The van der Waals surface area contributed by atoms with Gasteiger partial charge in [0, 0.05) is 19.4 Å². The van der Waals surface area contributed by atoms with E-state index in [1.165, 1.54) is 5.56 Å². The Labute approximate surface area is 140 Å². The van der Waals surface area contributed by atoms with Crippen molar-refractivity contribution >= 4 is 17.5 Å². The Morgan fingerprint density at radius 3 is 2.67 bits per heavy atom. The fourth-order valence-corrected chi connectivity index (χ4v) is 3.21. The number of anilines is 3. The summed E-state index contributed by atoms with van der Waals surface area (Å²) in [6.07, 6.45) is 3.02. The molecule has 0 bridgehead atoms. The van der Waals surface area contributed by atoms with E-state index in [2.05, 4.69) is 27.4 Å². The quantitative estimate of drug-likeness (QED) is 0.933. The number of ether oxygens (including phenoxy) is 1. The third-order valence-electron chi connectivity index (χ3n) is 4.61. The lowest BCUT2D eigenvalue weighted by Crippen LogP contribution is -2.48. The van der Waals surface area contributed by atoms with Crippen molar-refractivity contribution in [2.45, 2.75) is 24.9 Å². The average Bonchev–Trinajstić information content (AvgIpc) is 2.60. The van der Waals surface area contributed by atoms with Crippen molar-refractivity contribution < 1.29 is 9.13 Å². The van der Waals surface area contributed by atoms with Crippen LogP contribution in [0.25, 0.3) is 0 Å². The lowest BCUT2D eigenvalue weighted by Gasteiger charge is -2.36. The minimum absolute atomic E-state index is 0.424. The molecule has 5 nitrogen and oxygen atoms in total. The molecular formula is C18H21FN4O. The highest BCUT2D eigenvalue weighted by Gasteiger charge is 2.28. The maximum absolute atomic E-state index is 13.2. The van der Waals surface area contributed by atoms with E-state index in [1.54, 1.807) is 6.20 Å². The first-order valence-corrected chi connectivity index (χ1v) is 8.45. The van der Waals surface area contributed by atoms with Gasteiger partial charge in [-0.2, -0.15) is 0 Å². The Hall–Kier alpha value is -2.21. The van der Waals surface area contributed by atoms with Crippen LogP contribution in [0.15, 0.2) is 36.5 Å². The largest absolute Gasteiger partial charge is 0.381 e. The first-order chi connectivity index (χ1) is 11.8. The van der Waals surface area contributed by atoms with E-state index >= 15 is 0 Å². The van der Waals surface area contributed by atoms with Gasteiger partial charge >= 0.3 is 0 Å². The molecule has 1 N–H and O–H groups in total. The van der Waals surface area contributed by atoms with Gasteiger partial charge in [0.2, 0.25) is 0 Å². The molecule has 4 heterocycles. The van der Waals surface area contributed by atoms with Crippen molar-refractivity contribution in [3.05, 3.63) is 42.1 Å². The van der Waals surface area contributed by atoms with Crippen molar-refractivity contribution in [3.8, 4) is 0 Å². The van der Waals surface area contributed by atoms with Crippen molar-refractivity contribution in [3.63, 3.8) is 0 Å². The summed E-state index contributed by atoms with van der Waals surface area (Å²) in [5, 5.41) is 3.26. The summed E-state index contributed by atoms with van der Waals surface area (Å²) in [6.45, 7) is 2.43. The fraction of sp³-hybridized carbons (Fsp3) is 0.444. The van der Waals surface area contributed by atoms with Crippen molar-refractivity contribution in [2.75, 3.05) is 36.5 Å². The number of hydrogen-bond acceptors (Lipinski definition) is 5. The zero-order valence-electron chi connectivity index (χ0n) is 13.5. The molecule has 126 valence electrons. The van der Waals surface area contributed by atoms with E-state index in [0.29, 0.717) is 19.0 Å². The number of rotatable bonds is 4. The second kappa shape index (κ2) is 6.73. The molecule has 2 aromatic heterocycles. The number of pyridine rings is 2. The van der Waals surface area contributed by atoms with E-state index in [1.807, 2.05) is 23.1 Å². The highest BCUT2D eigenvalue weighted by atomic mass is 19.1. The van der Waals surface area contributed by atoms with Gasteiger partial charge in [-0.15, -0.1) is 0 Å². The second-order valence-corrected chi connectivity index (χ2v) is 6.37. The van der Waals surface area contributed by atoms with Crippen LogP contribution in [0.1, 0.15) is 24.3 Å². The summed E-state index contributed by atoms with van der Waals surface area (Å²) in [5.41, 5.74) is 1.24. The first kappa shape index (κ1) is 15.3. The zero-order valence-corrected chi connectivity index (χ0v) is 13.5. The monoisotopic (exact) mass is 328 g/mol. The lowest BCUT2D eigenvalue weighted by molar-refractivity contribution is 0.0853. The lowest BCUT2D eigenvalue weighted by atomic mass is 9.92. The molecule has 2 saturated heterocycles. The van der Waals surface area contributed by atoms with E-state index in [9.17, 15) is 4.39 Å². The van der Waals surface area contributed by atoms with Crippen LogP contribution in [0, 0.1) is 0 Å². The zero-order chi connectivity index (χ0) is 16.4. The van der Waals surface area contributed by atoms with Gasteiger partial charge in [-0.05, 0) is 48.6 Å². The molecule has 0 aromatic carbocycles.